The van der Waals surface area contributed by atoms with Gasteiger partial charge >= 0.3 is 11.9 Å². The Hall–Kier alpha value is -1.14. The van der Waals surface area contributed by atoms with Gasteiger partial charge in [0.1, 0.15) is 6.61 Å². The minimum absolute atomic E-state index is 0.0117. The Morgan fingerprint density at radius 3 is 1.92 bits per heavy atom. The summed E-state index contributed by atoms with van der Waals surface area (Å²) >= 11 is 0. The van der Waals surface area contributed by atoms with Crippen LogP contribution in [0.15, 0.2) is 0 Å². The number of ether oxygens (including phenoxy) is 1. The predicted molar refractivity (Wildman–Crippen MR) is 95.8 cm³/mol. The van der Waals surface area contributed by atoms with Crippen LogP contribution in [0.1, 0.15) is 84.0 Å². The van der Waals surface area contributed by atoms with E-state index in [1.807, 2.05) is 0 Å². The van der Waals surface area contributed by atoms with Gasteiger partial charge in [-0.15, -0.1) is 0 Å². The Morgan fingerprint density at radius 2 is 1.42 bits per heavy atom. The van der Waals surface area contributed by atoms with Gasteiger partial charge in [0.05, 0.1) is 6.61 Å². The fraction of sp³-hybridized carbons (Fsp3) is 0.889. The Bertz CT molecular complexity index is 277. The van der Waals surface area contributed by atoms with Gasteiger partial charge in [-0.05, 0) is 25.8 Å². The molecule has 0 amide bonds. The van der Waals surface area contributed by atoms with Gasteiger partial charge in [0.25, 0.3) is 0 Å². The lowest BCUT2D eigenvalue weighted by atomic mass is 10.1. The normalized spacial score (nSPS) is 9.96. The molecule has 6 heteroatoms. The first-order valence-corrected chi connectivity index (χ1v) is 9.26. The summed E-state index contributed by atoms with van der Waals surface area (Å²) in [6.45, 7) is 2.96. The van der Waals surface area contributed by atoms with Gasteiger partial charge < -0.3 is 20.7 Å². The van der Waals surface area contributed by atoms with Crippen molar-refractivity contribution in [2.45, 2.75) is 84.0 Å². The number of carboxylic acids is 1. The highest BCUT2D eigenvalue weighted by Gasteiger charge is 2.03. The molecule has 6 nitrogen and oxygen atoms in total. The standard InChI is InChI=1S/C10H23N.C8H14O5/c1-2-3-4-5-6-7-8-9-10-11;9-5-6-13-8(12)4-2-1-3-7(10)11/h2-11H2,1H3;9H,1-6H2,(H,10,11). The number of hydrogen-bond donors (Lipinski definition) is 3. The molecular formula is C18H37NO5. The van der Waals surface area contributed by atoms with E-state index in [9.17, 15) is 9.59 Å². The molecule has 0 unspecified atom stereocenters. The molecule has 144 valence electrons. The molecule has 24 heavy (non-hydrogen) atoms. The van der Waals surface area contributed by atoms with E-state index in [4.69, 9.17) is 15.9 Å². The molecule has 0 rings (SSSR count). The summed E-state index contributed by atoms with van der Waals surface area (Å²) in [7, 11) is 0. The van der Waals surface area contributed by atoms with Gasteiger partial charge in [-0.1, -0.05) is 51.9 Å². The molecule has 0 bridgehead atoms. The average Bonchev–Trinajstić information content (AvgIpc) is 2.56. The van der Waals surface area contributed by atoms with Crippen molar-refractivity contribution < 1.29 is 24.5 Å². The molecule has 0 aromatic carbocycles. The molecular weight excluding hydrogens is 310 g/mol. The SMILES string of the molecule is CCCCCCCCCCN.O=C(O)CCCCC(=O)OCCO. The molecule has 0 atom stereocenters. The number of hydrogen-bond acceptors (Lipinski definition) is 5. The zero-order chi connectivity index (χ0) is 18.5. The summed E-state index contributed by atoms with van der Waals surface area (Å²) < 4.78 is 4.56. The third kappa shape index (κ3) is 25.8. The molecule has 0 aliphatic carbocycles. The number of carbonyl (C=O) groups is 2. The minimum Gasteiger partial charge on any atom is -0.481 e. The van der Waals surface area contributed by atoms with E-state index in [2.05, 4.69) is 11.7 Å². The number of aliphatic hydroxyl groups excluding tert-OH is 1. The monoisotopic (exact) mass is 347 g/mol. The van der Waals surface area contributed by atoms with Crippen LogP contribution in [0.4, 0.5) is 0 Å². The van der Waals surface area contributed by atoms with Crippen molar-refractivity contribution in [1.82, 2.24) is 0 Å². The molecule has 0 radical (unpaired) electrons. The first-order chi connectivity index (χ1) is 11.6. The van der Waals surface area contributed by atoms with Crippen molar-refractivity contribution in [3.63, 3.8) is 0 Å². The van der Waals surface area contributed by atoms with Crippen LogP contribution >= 0.6 is 0 Å². The second kappa shape index (κ2) is 21.9. The van der Waals surface area contributed by atoms with E-state index < -0.39 is 5.97 Å². The number of aliphatic carboxylic acids is 1. The Kier molecular flexibility index (Phi) is 22.9. The summed E-state index contributed by atoms with van der Waals surface area (Å²) in [5, 5.41) is 16.6. The van der Waals surface area contributed by atoms with Crippen LogP contribution in [0, 0.1) is 0 Å². The first-order valence-electron chi connectivity index (χ1n) is 9.26. The number of unbranched alkanes of at least 4 members (excludes halogenated alkanes) is 8. The van der Waals surface area contributed by atoms with Crippen molar-refractivity contribution >= 4 is 11.9 Å². The van der Waals surface area contributed by atoms with Crippen LogP contribution in [0.25, 0.3) is 0 Å². The van der Waals surface area contributed by atoms with Crippen LogP contribution < -0.4 is 5.73 Å². The van der Waals surface area contributed by atoms with Gasteiger partial charge in [-0.25, -0.2) is 0 Å². The molecule has 0 saturated carbocycles. The van der Waals surface area contributed by atoms with E-state index in [0.29, 0.717) is 12.8 Å². The fourth-order valence-electron chi connectivity index (χ4n) is 2.06. The number of aliphatic hydroxyl groups is 1. The van der Waals surface area contributed by atoms with Gasteiger partial charge in [0, 0.05) is 12.8 Å². The molecule has 0 aromatic heterocycles. The smallest absolute Gasteiger partial charge is 0.305 e. The highest BCUT2D eigenvalue weighted by atomic mass is 16.5. The number of rotatable bonds is 15. The number of carboxylic acid groups (broad SMARTS) is 1. The quantitative estimate of drug-likeness (QED) is 0.310. The Morgan fingerprint density at radius 1 is 0.875 bits per heavy atom. The topological polar surface area (TPSA) is 110 Å². The maximum absolute atomic E-state index is 10.8. The van der Waals surface area contributed by atoms with Gasteiger partial charge in [-0.3, -0.25) is 9.59 Å². The zero-order valence-corrected chi connectivity index (χ0v) is 15.3. The number of carbonyl (C=O) groups excluding carboxylic acids is 1. The molecule has 0 aliphatic heterocycles. The number of esters is 1. The zero-order valence-electron chi connectivity index (χ0n) is 15.3. The molecule has 0 aromatic rings. The lowest BCUT2D eigenvalue weighted by Gasteiger charge is -2.01. The summed E-state index contributed by atoms with van der Waals surface area (Å²) in [6.07, 6.45) is 12.3. The van der Waals surface area contributed by atoms with Crippen molar-refractivity contribution in [2.75, 3.05) is 19.8 Å². The molecule has 0 aliphatic rings. The lowest BCUT2D eigenvalue weighted by Crippen LogP contribution is -2.08. The lowest BCUT2D eigenvalue weighted by molar-refractivity contribution is -0.145. The van der Waals surface area contributed by atoms with Crippen LogP contribution in [-0.2, 0) is 14.3 Å². The van der Waals surface area contributed by atoms with Gasteiger partial charge in [-0.2, -0.15) is 0 Å². The highest BCUT2D eigenvalue weighted by molar-refractivity contribution is 5.69. The van der Waals surface area contributed by atoms with E-state index in [0.717, 1.165) is 6.54 Å². The summed E-state index contributed by atoms with van der Waals surface area (Å²) in [6, 6.07) is 0. The largest absolute Gasteiger partial charge is 0.481 e. The fourth-order valence-corrected chi connectivity index (χ4v) is 2.06. The van der Waals surface area contributed by atoms with Crippen molar-refractivity contribution in [3.05, 3.63) is 0 Å². The van der Waals surface area contributed by atoms with E-state index in [1.54, 1.807) is 0 Å². The van der Waals surface area contributed by atoms with Crippen LogP contribution in [0.3, 0.4) is 0 Å². The predicted octanol–water partition coefficient (Wildman–Crippen LogP) is 3.25. The average molecular weight is 347 g/mol. The first kappa shape index (κ1) is 25.1. The molecule has 4 N–H and O–H groups in total. The van der Waals surface area contributed by atoms with E-state index in [-0.39, 0.29) is 32.0 Å². The molecule has 0 spiro atoms. The molecule has 0 heterocycles. The third-order valence-corrected chi connectivity index (χ3v) is 3.43. The van der Waals surface area contributed by atoms with Crippen molar-refractivity contribution in [2.24, 2.45) is 5.73 Å². The van der Waals surface area contributed by atoms with Crippen molar-refractivity contribution in [3.8, 4) is 0 Å². The van der Waals surface area contributed by atoms with E-state index in [1.165, 1.54) is 51.4 Å². The second-order valence-corrected chi connectivity index (χ2v) is 5.81. The van der Waals surface area contributed by atoms with Crippen molar-refractivity contribution in [1.29, 1.82) is 0 Å². The second-order valence-electron chi connectivity index (χ2n) is 5.81. The Balaban J connectivity index is 0. The maximum atomic E-state index is 10.8. The Labute approximate surface area is 146 Å². The summed E-state index contributed by atoms with van der Waals surface area (Å²) in [5.41, 5.74) is 5.39. The maximum Gasteiger partial charge on any atom is 0.305 e. The third-order valence-electron chi connectivity index (χ3n) is 3.43. The van der Waals surface area contributed by atoms with Crippen LogP contribution in [0.2, 0.25) is 0 Å². The minimum atomic E-state index is -0.858. The van der Waals surface area contributed by atoms with Crippen LogP contribution in [0.5, 0.6) is 0 Å². The molecule has 0 fully saturated rings. The van der Waals surface area contributed by atoms with Crippen LogP contribution in [-0.4, -0.2) is 41.9 Å². The highest BCUT2D eigenvalue weighted by Crippen LogP contribution is 2.07. The van der Waals surface area contributed by atoms with Gasteiger partial charge in [0.2, 0.25) is 0 Å². The number of nitrogens with two attached hydrogens (primary N) is 1. The summed E-state index contributed by atoms with van der Waals surface area (Å²) in [4.78, 5) is 20.8. The van der Waals surface area contributed by atoms with E-state index >= 15 is 0 Å². The molecule has 0 saturated heterocycles. The summed E-state index contributed by atoms with van der Waals surface area (Å²) in [5.74, 6) is -1.25. The van der Waals surface area contributed by atoms with Gasteiger partial charge in [0.15, 0.2) is 0 Å².